The molecule has 0 saturated carbocycles. The van der Waals surface area contributed by atoms with Gasteiger partial charge in [-0.05, 0) is 48.4 Å². The van der Waals surface area contributed by atoms with E-state index in [1.54, 1.807) is 24.5 Å². The number of halogens is 1. The molecule has 122 valence electrons. The topological polar surface area (TPSA) is 54.9 Å². The summed E-state index contributed by atoms with van der Waals surface area (Å²) < 4.78 is 12.9. The van der Waals surface area contributed by atoms with E-state index in [1.165, 1.54) is 23.5 Å². The van der Waals surface area contributed by atoms with E-state index < -0.39 is 0 Å². The van der Waals surface area contributed by atoms with Gasteiger partial charge in [-0.3, -0.25) is 9.78 Å². The number of carbonyl (C=O) groups is 1. The van der Waals surface area contributed by atoms with Crippen LogP contribution in [0.15, 0.2) is 54.2 Å². The molecule has 4 nitrogen and oxygen atoms in total. The summed E-state index contributed by atoms with van der Waals surface area (Å²) >= 11 is 1.50. The number of aromatic nitrogens is 2. The molecule has 2 aromatic heterocycles. The lowest BCUT2D eigenvalue weighted by atomic mass is 10.2. The van der Waals surface area contributed by atoms with Crippen LogP contribution in [0.3, 0.4) is 0 Å². The Kier molecular flexibility index (Phi) is 5.28. The first kappa shape index (κ1) is 16.3. The third-order valence-corrected chi connectivity index (χ3v) is 4.43. The normalized spacial score (nSPS) is 10.5. The Hall–Kier alpha value is -2.60. The van der Waals surface area contributed by atoms with Gasteiger partial charge >= 0.3 is 0 Å². The molecule has 0 aliphatic rings. The third-order valence-electron chi connectivity index (χ3n) is 3.49. The molecule has 1 aromatic carbocycles. The fraction of sp³-hybridized carbons (Fsp3) is 0.167. The van der Waals surface area contributed by atoms with Gasteiger partial charge in [0, 0.05) is 36.3 Å². The van der Waals surface area contributed by atoms with E-state index in [9.17, 15) is 9.18 Å². The summed E-state index contributed by atoms with van der Waals surface area (Å²) in [6, 6.07) is 10.00. The second kappa shape index (κ2) is 7.79. The Morgan fingerprint density at radius 2 is 1.88 bits per heavy atom. The van der Waals surface area contributed by atoms with Crippen molar-refractivity contribution in [2.45, 2.75) is 19.4 Å². The summed E-state index contributed by atoms with van der Waals surface area (Å²) in [5.41, 5.74) is 2.78. The zero-order valence-electron chi connectivity index (χ0n) is 12.9. The van der Waals surface area contributed by atoms with Gasteiger partial charge in [0.25, 0.3) is 0 Å². The minimum atomic E-state index is -0.263. The van der Waals surface area contributed by atoms with Gasteiger partial charge in [-0.15, -0.1) is 11.3 Å². The fourth-order valence-electron chi connectivity index (χ4n) is 2.18. The average molecular weight is 341 g/mol. The number of amides is 1. The lowest BCUT2D eigenvalue weighted by molar-refractivity contribution is -0.121. The molecule has 0 fully saturated rings. The first-order chi connectivity index (χ1) is 11.7. The third kappa shape index (κ3) is 4.45. The summed E-state index contributed by atoms with van der Waals surface area (Å²) in [6.07, 6.45) is 4.37. The molecule has 6 heteroatoms. The van der Waals surface area contributed by atoms with Crippen molar-refractivity contribution in [2.75, 3.05) is 0 Å². The van der Waals surface area contributed by atoms with E-state index in [-0.39, 0.29) is 11.7 Å². The van der Waals surface area contributed by atoms with Gasteiger partial charge in [0.2, 0.25) is 5.91 Å². The molecule has 3 rings (SSSR count). The monoisotopic (exact) mass is 341 g/mol. The van der Waals surface area contributed by atoms with Crippen molar-refractivity contribution in [3.8, 4) is 10.6 Å². The summed E-state index contributed by atoms with van der Waals surface area (Å²) in [5.74, 6) is -0.274. The van der Waals surface area contributed by atoms with Crippen LogP contribution in [-0.2, 0) is 17.8 Å². The standard InChI is InChI=1S/C18H16FN3OS/c19-15-3-1-14(2-4-15)18-22-16(12-24-18)5-6-17(23)21-11-13-7-9-20-10-8-13/h1-4,7-10,12H,5-6,11H2,(H,21,23). The van der Waals surface area contributed by atoms with Crippen molar-refractivity contribution in [3.63, 3.8) is 0 Å². The smallest absolute Gasteiger partial charge is 0.220 e. The lowest BCUT2D eigenvalue weighted by Crippen LogP contribution is -2.23. The highest BCUT2D eigenvalue weighted by molar-refractivity contribution is 7.13. The molecule has 1 N–H and O–H groups in total. The summed E-state index contributed by atoms with van der Waals surface area (Å²) in [4.78, 5) is 20.4. The molecule has 0 spiro atoms. The Labute approximate surface area is 143 Å². The second-order valence-corrected chi connectivity index (χ2v) is 6.14. The number of hydrogen-bond donors (Lipinski definition) is 1. The molecule has 3 aromatic rings. The van der Waals surface area contributed by atoms with Gasteiger partial charge < -0.3 is 5.32 Å². The Balaban J connectivity index is 1.50. The van der Waals surface area contributed by atoms with E-state index in [2.05, 4.69) is 15.3 Å². The van der Waals surface area contributed by atoms with Crippen molar-refractivity contribution < 1.29 is 9.18 Å². The predicted octanol–water partition coefficient (Wildman–Crippen LogP) is 3.59. The Morgan fingerprint density at radius 1 is 1.12 bits per heavy atom. The number of thiazole rings is 1. The molecule has 0 atom stereocenters. The highest BCUT2D eigenvalue weighted by atomic mass is 32.1. The molecule has 1 amide bonds. The van der Waals surface area contributed by atoms with Crippen molar-refractivity contribution in [2.24, 2.45) is 0 Å². The van der Waals surface area contributed by atoms with Crippen LogP contribution in [-0.4, -0.2) is 15.9 Å². The number of pyridine rings is 1. The fourth-order valence-corrected chi connectivity index (χ4v) is 3.04. The van der Waals surface area contributed by atoms with Crippen molar-refractivity contribution in [3.05, 3.63) is 71.2 Å². The van der Waals surface area contributed by atoms with Gasteiger partial charge in [-0.2, -0.15) is 0 Å². The maximum atomic E-state index is 12.9. The molecule has 0 aliphatic heterocycles. The summed E-state index contributed by atoms with van der Waals surface area (Å²) in [7, 11) is 0. The van der Waals surface area contributed by atoms with Crippen LogP contribution in [0.25, 0.3) is 10.6 Å². The zero-order chi connectivity index (χ0) is 16.8. The number of nitrogens with zero attached hydrogens (tertiary/aromatic N) is 2. The van der Waals surface area contributed by atoms with Crippen molar-refractivity contribution in [1.29, 1.82) is 0 Å². The quantitative estimate of drug-likeness (QED) is 0.745. The average Bonchev–Trinajstić information content (AvgIpc) is 3.09. The van der Waals surface area contributed by atoms with Crippen LogP contribution in [0.1, 0.15) is 17.7 Å². The first-order valence-electron chi connectivity index (χ1n) is 7.56. The summed E-state index contributed by atoms with van der Waals surface area (Å²) in [6.45, 7) is 0.499. The largest absolute Gasteiger partial charge is 0.352 e. The van der Waals surface area contributed by atoms with Crippen LogP contribution in [0.2, 0.25) is 0 Å². The van der Waals surface area contributed by atoms with Crippen molar-refractivity contribution >= 4 is 17.2 Å². The molecule has 0 radical (unpaired) electrons. The maximum Gasteiger partial charge on any atom is 0.220 e. The van der Waals surface area contributed by atoms with Crippen LogP contribution >= 0.6 is 11.3 Å². The number of carbonyl (C=O) groups excluding carboxylic acids is 1. The molecule has 0 saturated heterocycles. The van der Waals surface area contributed by atoms with Crippen LogP contribution in [0, 0.1) is 5.82 Å². The number of hydrogen-bond acceptors (Lipinski definition) is 4. The van der Waals surface area contributed by atoms with Gasteiger partial charge in [-0.25, -0.2) is 9.37 Å². The van der Waals surface area contributed by atoms with Gasteiger partial charge in [0.15, 0.2) is 0 Å². The number of aryl methyl sites for hydroxylation is 1. The molecule has 0 unspecified atom stereocenters. The minimum absolute atomic E-state index is 0.0110. The molecule has 0 bridgehead atoms. The van der Waals surface area contributed by atoms with E-state index in [1.807, 2.05) is 17.5 Å². The number of nitrogens with one attached hydrogen (secondary N) is 1. The second-order valence-electron chi connectivity index (χ2n) is 5.28. The number of rotatable bonds is 6. The van der Waals surface area contributed by atoms with Crippen LogP contribution in [0.5, 0.6) is 0 Å². The van der Waals surface area contributed by atoms with Crippen LogP contribution in [0.4, 0.5) is 4.39 Å². The van der Waals surface area contributed by atoms with E-state index in [0.29, 0.717) is 19.4 Å². The van der Waals surface area contributed by atoms with Gasteiger partial charge in [0.05, 0.1) is 5.69 Å². The SMILES string of the molecule is O=C(CCc1csc(-c2ccc(F)cc2)n1)NCc1ccncc1. The lowest BCUT2D eigenvalue weighted by Gasteiger charge is -2.04. The molecule has 2 heterocycles. The molecular formula is C18H16FN3OS. The highest BCUT2D eigenvalue weighted by Gasteiger charge is 2.07. The minimum Gasteiger partial charge on any atom is -0.352 e. The Morgan fingerprint density at radius 3 is 2.62 bits per heavy atom. The van der Waals surface area contributed by atoms with E-state index in [4.69, 9.17) is 0 Å². The predicted molar refractivity (Wildman–Crippen MR) is 91.9 cm³/mol. The summed E-state index contributed by atoms with van der Waals surface area (Å²) in [5, 5.41) is 5.66. The molecular weight excluding hydrogens is 325 g/mol. The molecule has 24 heavy (non-hydrogen) atoms. The van der Waals surface area contributed by atoms with E-state index >= 15 is 0 Å². The Bertz CT molecular complexity index is 803. The highest BCUT2D eigenvalue weighted by Crippen LogP contribution is 2.24. The van der Waals surface area contributed by atoms with E-state index in [0.717, 1.165) is 21.8 Å². The molecule has 0 aliphatic carbocycles. The maximum absolute atomic E-state index is 12.9. The van der Waals surface area contributed by atoms with Gasteiger partial charge in [-0.1, -0.05) is 0 Å². The zero-order valence-corrected chi connectivity index (χ0v) is 13.7. The number of benzene rings is 1. The van der Waals surface area contributed by atoms with Crippen molar-refractivity contribution in [1.82, 2.24) is 15.3 Å². The first-order valence-corrected chi connectivity index (χ1v) is 8.44. The van der Waals surface area contributed by atoms with Crippen LogP contribution < -0.4 is 5.32 Å². The van der Waals surface area contributed by atoms with Gasteiger partial charge in [0.1, 0.15) is 10.8 Å².